The minimum Gasteiger partial charge on any atom is -0.494 e. The third-order valence-corrected chi connectivity index (χ3v) is 3.93. The first-order valence-electron chi connectivity index (χ1n) is 6.90. The largest absolute Gasteiger partial charge is 0.494 e. The predicted octanol–water partition coefficient (Wildman–Crippen LogP) is 1.35. The Morgan fingerprint density at radius 3 is 2.81 bits per heavy atom. The Hall–Kier alpha value is -1.66. The summed E-state index contributed by atoms with van der Waals surface area (Å²) < 4.78 is 23.5. The van der Waals surface area contributed by atoms with Crippen LogP contribution in [0.15, 0.2) is 18.2 Å². The van der Waals surface area contributed by atoms with E-state index < -0.39 is 5.82 Å². The molecule has 1 aromatic rings. The molecule has 116 valence electrons. The maximum atomic E-state index is 13.3. The summed E-state index contributed by atoms with van der Waals surface area (Å²) in [6, 6.07) is 3.97. The molecule has 1 aliphatic heterocycles. The maximum absolute atomic E-state index is 13.3. The second kappa shape index (κ2) is 6.87. The molecule has 1 heterocycles. The van der Waals surface area contributed by atoms with Gasteiger partial charge in [0.15, 0.2) is 11.6 Å². The van der Waals surface area contributed by atoms with Crippen LogP contribution >= 0.6 is 0 Å². The number of carbonyl (C=O) groups is 1. The summed E-state index contributed by atoms with van der Waals surface area (Å²) >= 11 is 0. The molecule has 21 heavy (non-hydrogen) atoms. The van der Waals surface area contributed by atoms with Crippen LogP contribution in [0.1, 0.15) is 23.2 Å². The number of hydrogen-bond acceptors (Lipinski definition) is 4. The highest BCUT2D eigenvalue weighted by atomic mass is 19.1. The van der Waals surface area contributed by atoms with Gasteiger partial charge < -0.3 is 19.9 Å². The van der Waals surface area contributed by atoms with Crippen molar-refractivity contribution >= 4 is 5.91 Å². The van der Waals surface area contributed by atoms with E-state index in [1.54, 1.807) is 0 Å². The molecule has 2 N–H and O–H groups in total. The van der Waals surface area contributed by atoms with Crippen molar-refractivity contribution in [3.05, 3.63) is 29.6 Å². The van der Waals surface area contributed by atoms with Gasteiger partial charge in [-0.2, -0.15) is 0 Å². The van der Waals surface area contributed by atoms with Gasteiger partial charge in [-0.15, -0.1) is 0 Å². The molecule has 6 heteroatoms. The Morgan fingerprint density at radius 1 is 1.48 bits per heavy atom. The van der Waals surface area contributed by atoms with E-state index in [-0.39, 0.29) is 23.7 Å². The predicted molar refractivity (Wildman–Crippen MR) is 74.9 cm³/mol. The summed E-state index contributed by atoms with van der Waals surface area (Å²) in [5, 5.41) is 12.4. The average molecular weight is 297 g/mol. The lowest BCUT2D eigenvalue weighted by molar-refractivity contribution is -0.0146. The van der Waals surface area contributed by atoms with Crippen molar-refractivity contribution in [2.75, 3.05) is 33.5 Å². The van der Waals surface area contributed by atoms with E-state index in [0.29, 0.717) is 38.2 Å². The average Bonchev–Trinajstić information content (AvgIpc) is 2.54. The van der Waals surface area contributed by atoms with Crippen molar-refractivity contribution in [3.8, 4) is 5.75 Å². The number of amides is 1. The lowest BCUT2D eigenvalue weighted by Crippen LogP contribution is -2.43. The first kappa shape index (κ1) is 15.7. The Bertz CT molecular complexity index is 500. The van der Waals surface area contributed by atoms with Crippen LogP contribution in [-0.2, 0) is 4.74 Å². The lowest BCUT2D eigenvalue weighted by atomic mass is 9.81. The number of hydrogen-bond donors (Lipinski definition) is 2. The fraction of sp³-hybridized carbons (Fsp3) is 0.533. The van der Waals surface area contributed by atoms with Gasteiger partial charge in [0.25, 0.3) is 5.91 Å². The maximum Gasteiger partial charge on any atom is 0.251 e. The molecule has 5 nitrogen and oxygen atoms in total. The molecule has 0 saturated carbocycles. The van der Waals surface area contributed by atoms with Gasteiger partial charge in [-0.05, 0) is 31.0 Å². The third kappa shape index (κ3) is 3.71. The molecular formula is C15H20FNO4. The minimum atomic E-state index is -0.509. The smallest absolute Gasteiger partial charge is 0.251 e. The minimum absolute atomic E-state index is 0.00335. The number of rotatable bonds is 5. The molecule has 0 atom stereocenters. The van der Waals surface area contributed by atoms with Crippen LogP contribution in [0.2, 0.25) is 0 Å². The van der Waals surface area contributed by atoms with Gasteiger partial charge in [-0.3, -0.25) is 4.79 Å². The van der Waals surface area contributed by atoms with E-state index >= 15 is 0 Å². The molecule has 0 aliphatic carbocycles. The highest BCUT2D eigenvalue weighted by Crippen LogP contribution is 2.29. The summed E-state index contributed by atoms with van der Waals surface area (Å²) in [7, 11) is 1.35. The SMILES string of the molecule is COc1cc(C(=O)NCC2(CO)CCOCC2)ccc1F. The molecule has 1 aromatic carbocycles. The number of nitrogens with one attached hydrogen (secondary N) is 1. The Morgan fingerprint density at radius 2 is 2.19 bits per heavy atom. The number of aliphatic hydroxyl groups is 1. The summed E-state index contributed by atoms with van der Waals surface area (Å²) in [5.41, 5.74) is -0.00807. The highest BCUT2D eigenvalue weighted by molar-refractivity contribution is 5.94. The standard InChI is InChI=1S/C15H20FNO4/c1-20-13-8-11(2-3-12(13)16)14(19)17-9-15(10-18)4-6-21-7-5-15/h2-3,8,18H,4-7,9-10H2,1H3,(H,17,19). The first-order chi connectivity index (χ1) is 10.1. The van der Waals surface area contributed by atoms with Crippen molar-refractivity contribution in [1.82, 2.24) is 5.32 Å². The Kier molecular flexibility index (Phi) is 5.14. The van der Waals surface area contributed by atoms with Crippen LogP contribution in [0, 0.1) is 11.2 Å². The van der Waals surface area contributed by atoms with Gasteiger partial charge in [-0.25, -0.2) is 4.39 Å². The van der Waals surface area contributed by atoms with Crippen molar-refractivity contribution in [2.24, 2.45) is 5.41 Å². The molecule has 1 amide bonds. The molecule has 0 bridgehead atoms. The van der Waals surface area contributed by atoms with Crippen LogP contribution in [0.5, 0.6) is 5.75 Å². The normalized spacial score (nSPS) is 17.3. The summed E-state index contributed by atoms with van der Waals surface area (Å²) in [6.45, 7) is 1.54. The number of halogens is 1. The molecule has 0 unspecified atom stereocenters. The number of benzene rings is 1. The van der Waals surface area contributed by atoms with Gasteiger partial charge in [0, 0.05) is 30.7 Å². The first-order valence-corrected chi connectivity index (χ1v) is 6.90. The third-order valence-electron chi connectivity index (χ3n) is 3.93. The molecule has 0 radical (unpaired) electrons. The molecule has 0 spiro atoms. The second-order valence-electron chi connectivity index (χ2n) is 5.30. The van der Waals surface area contributed by atoms with Crippen molar-refractivity contribution < 1.29 is 23.8 Å². The van der Waals surface area contributed by atoms with E-state index in [1.807, 2.05) is 0 Å². The van der Waals surface area contributed by atoms with E-state index in [2.05, 4.69) is 5.32 Å². The van der Waals surface area contributed by atoms with E-state index in [9.17, 15) is 14.3 Å². The van der Waals surface area contributed by atoms with Gasteiger partial charge in [0.05, 0.1) is 13.7 Å². The summed E-state index contributed by atoms with van der Waals surface area (Å²) in [5.74, 6) is -0.788. The second-order valence-corrected chi connectivity index (χ2v) is 5.30. The van der Waals surface area contributed by atoms with Crippen LogP contribution in [0.3, 0.4) is 0 Å². The van der Waals surface area contributed by atoms with Gasteiger partial charge >= 0.3 is 0 Å². The molecule has 2 rings (SSSR count). The molecule has 0 aromatic heterocycles. The topological polar surface area (TPSA) is 67.8 Å². The Balaban J connectivity index is 2.01. The highest BCUT2D eigenvalue weighted by Gasteiger charge is 2.32. The lowest BCUT2D eigenvalue weighted by Gasteiger charge is -2.35. The van der Waals surface area contributed by atoms with Crippen LogP contribution in [0.4, 0.5) is 4.39 Å². The van der Waals surface area contributed by atoms with Gasteiger partial charge in [-0.1, -0.05) is 0 Å². The van der Waals surface area contributed by atoms with E-state index in [0.717, 1.165) is 0 Å². The Labute approximate surface area is 123 Å². The van der Waals surface area contributed by atoms with Gasteiger partial charge in [0.1, 0.15) is 0 Å². The monoisotopic (exact) mass is 297 g/mol. The van der Waals surface area contributed by atoms with Crippen LogP contribution in [-0.4, -0.2) is 44.5 Å². The summed E-state index contributed by atoms with van der Waals surface area (Å²) in [4.78, 5) is 12.1. The number of carbonyl (C=O) groups excluding carboxylic acids is 1. The quantitative estimate of drug-likeness (QED) is 0.861. The fourth-order valence-electron chi connectivity index (χ4n) is 2.37. The van der Waals surface area contributed by atoms with E-state index in [1.165, 1.54) is 25.3 Å². The van der Waals surface area contributed by atoms with Gasteiger partial charge in [0.2, 0.25) is 0 Å². The van der Waals surface area contributed by atoms with Crippen molar-refractivity contribution in [1.29, 1.82) is 0 Å². The number of aliphatic hydroxyl groups excluding tert-OH is 1. The fourth-order valence-corrected chi connectivity index (χ4v) is 2.37. The van der Waals surface area contributed by atoms with E-state index in [4.69, 9.17) is 9.47 Å². The molecule has 1 saturated heterocycles. The van der Waals surface area contributed by atoms with Crippen molar-refractivity contribution in [3.63, 3.8) is 0 Å². The molecule has 1 aliphatic rings. The number of methoxy groups -OCH3 is 1. The van der Waals surface area contributed by atoms with Crippen LogP contribution < -0.4 is 10.1 Å². The number of ether oxygens (including phenoxy) is 2. The summed E-state index contributed by atoms with van der Waals surface area (Å²) in [6.07, 6.45) is 1.41. The zero-order valence-electron chi connectivity index (χ0n) is 12.0. The zero-order valence-corrected chi connectivity index (χ0v) is 12.0. The molecule has 1 fully saturated rings. The van der Waals surface area contributed by atoms with Crippen LogP contribution in [0.25, 0.3) is 0 Å². The van der Waals surface area contributed by atoms with Crippen molar-refractivity contribution in [2.45, 2.75) is 12.8 Å². The molecular weight excluding hydrogens is 277 g/mol. The zero-order chi connectivity index (χ0) is 15.3.